The van der Waals surface area contributed by atoms with E-state index in [0.29, 0.717) is 27.7 Å². The van der Waals surface area contributed by atoms with Crippen LogP contribution in [0.5, 0.6) is 5.75 Å². The topological polar surface area (TPSA) is 79.5 Å². The number of hydrogen-bond donors (Lipinski definition) is 3. The van der Waals surface area contributed by atoms with Gasteiger partial charge in [-0.15, -0.1) is 0 Å². The van der Waals surface area contributed by atoms with E-state index in [4.69, 9.17) is 16.3 Å². The average Bonchev–Trinajstić information content (AvgIpc) is 2.78. The largest absolute Gasteiger partial charge is 0.497 e. The molecule has 3 aromatic rings. The average molecular weight is 438 g/mol. The minimum absolute atomic E-state index is 0.0573. The molecule has 0 radical (unpaired) electrons. The number of hydrogen-bond acceptors (Lipinski definition) is 4. The van der Waals surface area contributed by atoms with Gasteiger partial charge in [-0.3, -0.25) is 9.59 Å². The molecule has 0 fully saturated rings. The molecule has 0 aliphatic carbocycles. The SMILES string of the molecule is COc1ccc(NC(=O)c2ccccc2NC(=O)CNC(C)c2cccc(Cl)c2)cc1. The van der Waals surface area contributed by atoms with Crippen molar-refractivity contribution in [1.82, 2.24) is 5.32 Å². The molecule has 0 heterocycles. The highest BCUT2D eigenvalue weighted by atomic mass is 35.5. The molecule has 3 rings (SSSR count). The first-order chi connectivity index (χ1) is 15.0. The third-order valence-corrected chi connectivity index (χ3v) is 4.95. The van der Waals surface area contributed by atoms with Crippen molar-refractivity contribution in [3.05, 3.63) is 88.9 Å². The lowest BCUT2D eigenvalue weighted by Gasteiger charge is -2.15. The third-order valence-electron chi connectivity index (χ3n) is 4.71. The van der Waals surface area contributed by atoms with Crippen LogP contribution in [-0.2, 0) is 4.79 Å². The van der Waals surface area contributed by atoms with E-state index >= 15 is 0 Å². The molecule has 1 unspecified atom stereocenters. The Morgan fingerprint density at radius 2 is 1.71 bits per heavy atom. The van der Waals surface area contributed by atoms with Crippen LogP contribution in [-0.4, -0.2) is 25.5 Å². The molecule has 1 atom stereocenters. The van der Waals surface area contributed by atoms with Gasteiger partial charge in [0.15, 0.2) is 0 Å². The Labute approximate surface area is 186 Å². The molecule has 3 N–H and O–H groups in total. The van der Waals surface area contributed by atoms with E-state index in [1.165, 1.54) is 0 Å². The third kappa shape index (κ3) is 6.31. The summed E-state index contributed by atoms with van der Waals surface area (Å²) in [4.78, 5) is 25.2. The number of benzene rings is 3. The van der Waals surface area contributed by atoms with E-state index in [-0.39, 0.29) is 24.4 Å². The quantitative estimate of drug-likeness (QED) is 0.468. The van der Waals surface area contributed by atoms with Crippen molar-refractivity contribution < 1.29 is 14.3 Å². The summed E-state index contributed by atoms with van der Waals surface area (Å²) in [5, 5.41) is 9.44. The van der Waals surface area contributed by atoms with Crippen LogP contribution in [0.3, 0.4) is 0 Å². The van der Waals surface area contributed by atoms with E-state index < -0.39 is 0 Å². The van der Waals surface area contributed by atoms with Gasteiger partial charge < -0.3 is 20.7 Å². The van der Waals surface area contributed by atoms with Gasteiger partial charge in [-0.05, 0) is 61.0 Å². The zero-order valence-corrected chi connectivity index (χ0v) is 18.1. The maximum absolute atomic E-state index is 12.7. The van der Waals surface area contributed by atoms with E-state index in [1.54, 1.807) is 61.7 Å². The molecule has 6 nitrogen and oxygen atoms in total. The van der Waals surface area contributed by atoms with Crippen molar-refractivity contribution in [3.8, 4) is 5.75 Å². The van der Waals surface area contributed by atoms with Crippen LogP contribution >= 0.6 is 11.6 Å². The standard InChI is InChI=1S/C24H24ClN3O3/c1-16(17-6-5-7-18(25)14-17)26-15-23(29)28-22-9-4-3-8-21(22)24(30)27-19-10-12-20(31-2)13-11-19/h3-14,16,26H,15H2,1-2H3,(H,27,30)(H,28,29). The molecule has 3 aromatic carbocycles. The molecular formula is C24H24ClN3O3. The monoisotopic (exact) mass is 437 g/mol. The molecule has 0 aliphatic rings. The number of anilines is 2. The van der Waals surface area contributed by atoms with Crippen LogP contribution in [0.4, 0.5) is 11.4 Å². The Morgan fingerprint density at radius 3 is 2.42 bits per heavy atom. The van der Waals surface area contributed by atoms with Crippen molar-refractivity contribution in [1.29, 1.82) is 0 Å². The fourth-order valence-electron chi connectivity index (χ4n) is 3.00. The van der Waals surface area contributed by atoms with E-state index in [2.05, 4.69) is 16.0 Å². The zero-order chi connectivity index (χ0) is 22.2. The number of rotatable bonds is 8. The molecule has 2 amide bonds. The number of ether oxygens (including phenoxy) is 1. The minimum Gasteiger partial charge on any atom is -0.497 e. The van der Waals surface area contributed by atoms with Gasteiger partial charge in [0.1, 0.15) is 5.75 Å². The maximum Gasteiger partial charge on any atom is 0.257 e. The Morgan fingerprint density at radius 1 is 0.968 bits per heavy atom. The molecule has 0 spiro atoms. The van der Waals surface area contributed by atoms with Crippen molar-refractivity contribution in [2.24, 2.45) is 0 Å². The highest BCUT2D eigenvalue weighted by Crippen LogP contribution is 2.20. The van der Waals surface area contributed by atoms with Crippen molar-refractivity contribution in [2.45, 2.75) is 13.0 Å². The van der Waals surface area contributed by atoms with Crippen LogP contribution in [0.25, 0.3) is 0 Å². The minimum atomic E-state index is -0.318. The van der Waals surface area contributed by atoms with E-state index in [9.17, 15) is 9.59 Å². The molecule has 0 aromatic heterocycles. The molecular weight excluding hydrogens is 414 g/mol. The second-order valence-electron chi connectivity index (χ2n) is 6.93. The molecule has 31 heavy (non-hydrogen) atoms. The van der Waals surface area contributed by atoms with Crippen molar-refractivity contribution in [2.75, 3.05) is 24.3 Å². The predicted octanol–water partition coefficient (Wildman–Crippen LogP) is 4.89. The highest BCUT2D eigenvalue weighted by molar-refractivity contribution is 6.30. The van der Waals surface area contributed by atoms with Crippen LogP contribution in [0.1, 0.15) is 28.9 Å². The number of para-hydroxylation sites is 1. The lowest BCUT2D eigenvalue weighted by molar-refractivity contribution is -0.115. The van der Waals surface area contributed by atoms with Gasteiger partial charge >= 0.3 is 0 Å². The number of amides is 2. The van der Waals surface area contributed by atoms with Gasteiger partial charge in [0.25, 0.3) is 5.91 Å². The van der Waals surface area contributed by atoms with Crippen molar-refractivity contribution in [3.63, 3.8) is 0 Å². The number of halogens is 1. The maximum atomic E-state index is 12.7. The number of methoxy groups -OCH3 is 1. The summed E-state index contributed by atoms with van der Waals surface area (Å²) < 4.78 is 5.12. The fraction of sp³-hybridized carbons (Fsp3) is 0.167. The Hall–Kier alpha value is -3.35. The van der Waals surface area contributed by atoms with Gasteiger partial charge in [-0.2, -0.15) is 0 Å². The van der Waals surface area contributed by atoms with Crippen LogP contribution in [0.15, 0.2) is 72.8 Å². The zero-order valence-electron chi connectivity index (χ0n) is 17.3. The van der Waals surface area contributed by atoms with E-state index in [1.807, 2.05) is 25.1 Å². The number of nitrogens with one attached hydrogen (secondary N) is 3. The van der Waals surface area contributed by atoms with Gasteiger partial charge in [-0.25, -0.2) is 0 Å². The molecule has 0 saturated carbocycles. The first-order valence-corrected chi connectivity index (χ1v) is 10.2. The number of carbonyl (C=O) groups is 2. The number of carbonyl (C=O) groups excluding carboxylic acids is 2. The van der Waals surface area contributed by atoms with Gasteiger partial charge in [0, 0.05) is 16.8 Å². The second kappa shape index (κ2) is 10.6. The lowest BCUT2D eigenvalue weighted by Crippen LogP contribution is -2.30. The molecule has 7 heteroatoms. The Bertz CT molecular complexity index is 1050. The van der Waals surface area contributed by atoms with Gasteiger partial charge in [0.2, 0.25) is 5.91 Å². The van der Waals surface area contributed by atoms with Crippen LogP contribution in [0.2, 0.25) is 5.02 Å². The lowest BCUT2D eigenvalue weighted by atomic mass is 10.1. The Kier molecular flexibility index (Phi) is 7.65. The van der Waals surface area contributed by atoms with E-state index in [0.717, 1.165) is 5.56 Å². The van der Waals surface area contributed by atoms with Crippen molar-refractivity contribution >= 4 is 34.8 Å². The summed E-state index contributed by atoms with van der Waals surface area (Å²) in [6.45, 7) is 2.04. The molecule has 0 bridgehead atoms. The smallest absolute Gasteiger partial charge is 0.257 e. The summed E-state index contributed by atoms with van der Waals surface area (Å²) in [5.74, 6) is 0.130. The first-order valence-electron chi connectivity index (χ1n) is 9.79. The van der Waals surface area contributed by atoms with Crippen LogP contribution < -0.4 is 20.7 Å². The normalized spacial score (nSPS) is 11.5. The second-order valence-corrected chi connectivity index (χ2v) is 7.37. The van der Waals surface area contributed by atoms with Gasteiger partial charge in [0.05, 0.1) is 24.9 Å². The summed E-state index contributed by atoms with van der Waals surface area (Å²) in [7, 11) is 1.58. The summed E-state index contributed by atoms with van der Waals surface area (Å²) in [6.07, 6.45) is 0. The summed E-state index contributed by atoms with van der Waals surface area (Å²) >= 11 is 6.03. The highest BCUT2D eigenvalue weighted by Gasteiger charge is 2.14. The summed E-state index contributed by atoms with van der Waals surface area (Å²) in [5.41, 5.74) is 2.42. The molecule has 0 saturated heterocycles. The predicted molar refractivity (Wildman–Crippen MR) is 124 cm³/mol. The van der Waals surface area contributed by atoms with Crippen LogP contribution in [0, 0.1) is 0 Å². The summed E-state index contributed by atoms with van der Waals surface area (Å²) in [6, 6.07) is 21.3. The first kappa shape index (κ1) is 22.3. The van der Waals surface area contributed by atoms with Gasteiger partial charge in [-0.1, -0.05) is 35.9 Å². The fourth-order valence-corrected chi connectivity index (χ4v) is 3.20. The molecule has 160 valence electrons. The molecule has 0 aliphatic heterocycles. The Balaban J connectivity index is 1.61.